The van der Waals surface area contributed by atoms with Crippen molar-refractivity contribution >= 4 is 17.5 Å². The summed E-state index contributed by atoms with van der Waals surface area (Å²) in [5.74, 6) is 6.42. The SMILES string of the molecule is CCC1CCC(Nc2nc(NN)ncc2[N+](=O)[O-])CC1. The first-order valence-electron chi connectivity index (χ1n) is 6.88. The number of hydrazine groups is 1. The quantitative estimate of drug-likeness (QED) is 0.429. The molecular weight excluding hydrogens is 260 g/mol. The van der Waals surface area contributed by atoms with Crippen molar-refractivity contribution in [1.82, 2.24) is 9.97 Å². The Labute approximate surface area is 117 Å². The van der Waals surface area contributed by atoms with Gasteiger partial charge in [-0.05, 0) is 31.6 Å². The van der Waals surface area contributed by atoms with E-state index < -0.39 is 4.92 Å². The van der Waals surface area contributed by atoms with Gasteiger partial charge in [-0.25, -0.2) is 10.8 Å². The van der Waals surface area contributed by atoms with Crippen LogP contribution in [-0.4, -0.2) is 20.9 Å². The van der Waals surface area contributed by atoms with Gasteiger partial charge in [0.15, 0.2) is 0 Å². The molecule has 0 radical (unpaired) electrons. The number of hydrogen-bond donors (Lipinski definition) is 3. The van der Waals surface area contributed by atoms with Gasteiger partial charge in [-0.1, -0.05) is 13.3 Å². The molecule has 8 nitrogen and oxygen atoms in total. The van der Waals surface area contributed by atoms with Gasteiger partial charge in [-0.15, -0.1) is 0 Å². The molecule has 0 aromatic carbocycles. The molecule has 0 saturated heterocycles. The Bertz CT molecular complexity index is 473. The van der Waals surface area contributed by atoms with E-state index in [0.29, 0.717) is 0 Å². The number of nitro groups is 1. The first kappa shape index (κ1) is 14.4. The van der Waals surface area contributed by atoms with E-state index in [4.69, 9.17) is 5.84 Å². The number of nitrogen functional groups attached to an aromatic ring is 1. The lowest BCUT2D eigenvalue weighted by Gasteiger charge is -2.28. The Morgan fingerprint density at radius 3 is 2.70 bits per heavy atom. The highest BCUT2D eigenvalue weighted by molar-refractivity contribution is 5.57. The van der Waals surface area contributed by atoms with E-state index in [1.165, 1.54) is 12.6 Å². The molecule has 0 unspecified atom stereocenters. The largest absolute Gasteiger partial charge is 0.361 e. The lowest BCUT2D eigenvalue weighted by Crippen LogP contribution is -2.27. The summed E-state index contributed by atoms with van der Waals surface area (Å²) in [7, 11) is 0. The molecule has 110 valence electrons. The Hall–Kier alpha value is -1.96. The summed E-state index contributed by atoms with van der Waals surface area (Å²) in [6.07, 6.45) is 6.67. The van der Waals surface area contributed by atoms with Crippen molar-refractivity contribution in [1.29, 1.82) is 0 Å². The normalized spacial score (nSPS) is 22.3. The molecule has 1 heterocycles. The second-order valence-electron chi connectivity index (χ2n) is 5.10. The summed E-state index contributed by atoms with van der Waals surface area (Å²) in [5.41, 5.74) is 2.18. The number of aromatic nitrogens is 2. The van der Waals surface area contributed by atoms with Crippen molar-refractivity contribution in [2.24, 2.45) is 11.8 Å². The second-order valence-corrected chi connectivity index (χ2v) is 5.10. The van der Waals surface area contributed by atoms with Crippen molar-refractivity contribution < 1.29 is 4.92 Å². The van der Waals surface area contributed by atoms with Crippen LogP contribution in [0.2, 0.25) is 0 Å². The summed E-state index contributed by atoms with van der Waals surface area (Å²) in [6.45, 7) is 2.20. The molecule has 0 amide bonds. The van der Waals surface area contributed by atoms with Gasteiger partial charge in [0.25, 0.3) is 0 Å². The molecule has 1 aromatic heterocycles. The van der Waals surface area contributed by atoms with E-state index in [1.54, 1.807) is 0 Å². The van der Waals surface area contributed by atoms with Gasteiger partial charge in [0.2, 0.25) is 11.8 Å². The molecular formula is C12H20N6O2. The fourth-order valence-electron chi connectivity index (χ4n) is 2.59. The number of nitrogens with one attached hydrogen (secondary N) is 2. The van der Waals surface area contributed by atoms with Crippen molar-refractivity contribution in [3.63, 3.8) is 0 Å². The molecule has 20 heavy (non-hydrogen) atoms. The minimum atomic E-state index is -0.486. The van der Waals surface area contributed by atoms with E-state index in [2.05, 4.69) is 27.6 Å². The van der Waals surface area contributed by atoms with Gasteiger partial charge in [-0.2, -0.15) is 4.98 Å². The highest BCUT2D eigenvalue weighted by Crippen LogP contribution is 2.30. The van der Waals surface area contributed by atoms with E-state index in [0.717, 1.165) is 31.6 Å². The standard InChI is InChI=1S/C12H20N6O2/c1-2-8-3-5-9(6-4-8)15-11-10(18(19)20)7-14-12(16-11)17-13/h7-9H,2-6,13H2,1H3,(H2,14,15,16,17). The summed E-state index contributed by atoms with van der Waals surface area (Å²) >= 11 is 0. The Morgan fingerprint density at radius 2 is 2.15 bits per heavy atom. The average Bonchev–Trinajstić information content (AvgIpc) is 2.47. The van der Waals surface area contributed by atoms with Crippen LogP contribution in [0.15, 0.2) is 6.20 Å². The molecule has 1 fully saturated rings. The van der Waals surface area contributed by atoms with E-state index >= 15 is 0 Å². The van der Waals surface area contributed by atoms with Crippen LogP contribution in [-0.2, 0) is 0 Å². The van der Waals surface area contributed by atoms with E-state index in [-0.39, 0.29) is 23.5 Å². The van der Waals surface area contributed by atoms with E-state index in [9.17, 15) is 10.1 Å². The maximum absolute atomic E-state index is 11.0. The van der Waals surface area contributed by atoms with Crippen LogP contribution in [0.5, 0.6) is 0 Å². The fourth-order valence-corrected chi connectivity index (χ4v) is 2.59. The molecule has 1 aliphatic carbocycles. The smallest absolute Gasteiger partial charge is 0.329 e. The number of nitrogens with zero attached hydrogens (tertiary/aromatic N) is 3. The summed E-state index contributed by atoms with van der Waals surface area (Å²) in [5, 5.41) is 14.2. The predicted molar refractivity (Wildman–Crippen MR) is 76.2 cm³/mol. The van der Waals surface area contributed by atoms with Crippen LogP contribution >= 0.6 is 0 Å². The number of nitrogens with two attached hydrogens (primary N) is 1. The second kappa shape index (κ2) is 6.47. The first-order chi connectivity index (χ1) is 9.63. The van der Waals surface area contributed by atoms with Gasteiger partial charge in [0, 0.05) is 6.04 Å². The number of anilines is 2. The Morgan fingerprint density at radius 1 is 1.45 bits per heavy atom. The van der Waals surface area contributed by atoms with Gasteiger partial charge < -0.3 is 5.32 Å². The minimum Gasteiger partial charge on any atom is -0.361 e. The Balaban J connectivity index is 2.09. The lowest BCUT2D eigenvalue weighted by atomic mass is 9.84. The third kappa shape index (κ3) is 3.32. The zero-order valence-electron chi connectivity index (χ0n) is 11.5. The van der Waals surface area contributed by atoms with Crippen LogP contribution in [0.25, 0.3) is 0 Å². The van der Waals surface area contributed by atoms with Crippen molar-refractivity contribution in [3.8, 4) is 0 Å². The van der Waals surface area contributed by atoms with Crippen LogP contribution in [0.4, 0.5) is 17.5 Å². The summed E-state index contributed by atoms with van der Waals surface area (Å²) in [6, 6.07) is 0.219. The third-order valence-corrected chi connectivity index (χ3v) is 3.86. The molecule has 0 bridgehead atoms. The minimum absolute atomic E-state index is 0.124. The van der Waals surface area contributed by atoms with Crippen LogP contribution in [0.3, 0.4) is 0 Å². The monoisotopic (exact) mass is 280 g/mol. The third-order valence-electron chi connectivity index (χ3n) is 3.86. The topological polar surface area (TPSA) is 119 Å². The molecule has 1 aromatic rings. The van der Waals surface area contributed by atoms with Crippen LogP contribution in [0, 0.1) is 16.0 Å². The fraction of sp³-hybridized carbons (Fsp3) is 0.667. The molecule has 0 spiro atoms. The van der Waals surface area contributed by atoms with Gasteiger partial charge in [0.05, 0.1) is 4.92 Å². The predicted octanol–water partition coefficient (Wildman–Crippen LogP) is 2.05. The highest BCUT2D eigenvalue weighted by atomic mass is 16.6. The molecule has 1 aliphatic rings. The molecule has 8 heteroatoms. The van der Waals surface area contributed by atoms with Gasteiger partial charge in [-0.3, -0.25) is 15.5 Å². The summed E-state index contributed by atoms with van der Waals surface area (Å²) in [4.78, 5) is 18.3. The van der Waals surface area contributed by atoms with Gasteiger partial charge >= 0.3 is 5.69 Å². The number of hydrogen-bond acceptors (Lipinski definition) is 7. The molecule has 2 rings (SSSR count). The average molecular weight is 280 g/mol. The van der Waals surface area contributed by atoms with Crippen molar-refractivity contribution in [3.05, 3.63) is 16.3 Å². The molecule has 0 aliphatic heterocycles. The van der Waals surface area contributed by atoms with Crippen molar-refractivity contribution in [2.75, 3.05) is 10.7 Å². The number of rotatable bonds is 5. The van der Waals surface area contributed by atoms with Crippen LogP contribution in [0.1, 0.15) is 39.0 Å². The summed E-state index contributed by atoms with van der Waals surface area (Å²) < 4.78 is 0. The van der Waals surface area contributed by atoms with Gasteiger partial charge in [0.1, 0.15) is 6.20 Å². The van der Waals surface area contributed by atoms with Crippen LogP contribution < -0.4 is 16.6 Å². The maximum atomic E-state index is 11.0. The zero-order valence-corrected chi connectivity index (χ0v) is 11.5. The molecule has 4 N–H and O–H groups in total. The highest BCUT2D eigenvalue weighted by Gasteiger charge is 2.24. The lowest BCUT2D eigenvalue weighted by molar-refractivity contribution is -0.384. The molecule has 1 saturated carbocycles. The Kier molecular flexibility index (Phi) is 4.67. The van der Waals surface area contributed by atoms with E-state index in [1.807, 2.05) is 0 Å². The first-order valence-corrected chi connectivity index (χ1v) is 6.88. The van der Waals surface area contributed by atoms with Crippen molar-refractivity contribution in [2.45, 2.75) is 45.1 Å². The molecule has 0 atom stereocenters. The zero-order chi connectivity index (χ0) is 14.5. The maximum Gasteiger partial charge on any atom is 0.329 e.